The quantitative estimate of drug-likeness (QED) is 0.763. The summed E-state index contributed by atoms with van der Waals surface area (Å²) < 4.78 is 13.4. The molecule has 2 aromatic rings. The van der Waals surface area contributed by atoms with Gasteiger partial charge in [0.1, 0.15) is 11.6 Å². The first-order valence-corrected chi connectivity index (χ1v) is 8.06. The summed E-state index contributed by atoms with van der Waals surface area (Å²) >= 11 is 6.03. The van der Waals surface area contributed by atoms with Gasteiger partial charge in [-0.3, -0.25) is 0 Å². The van der Waals surface area contributed by atoms with E-state index in [1.165, 1.54) is 25.7 Å². The average molecular weight is 309 g/mol. The number of methoxy groups -OCH3 is 1. The SMILES string of the molecule is COc1ccc2nc(CCl)n(CCOC3CCCC3)c2c1. The summed E-state index contributed by atoms with van der Waals surface area (Å²) in [7, 11) is 1.67. The molecule has 1 saturated carbocycles. The van der Waals surface area contributed by atoms with Crippen molar-refractivity contribution in [1.29, 1.82) is 0 Å². The highest BCUT2D eigenvalue weighted by molar-refractivity contribution is 6.16. The Hall–Kier alpha value is -1.26. The van der Waals surface area contributed by atoms with Gasteiger partial charge in [-0.25, -0.2) is 4.98 Å². The molecule has 0 N–H and O–H groups in total. The van der Waals surface area contributed by atoms with Gasteiger partial charge in [0, 0.05) is 12.6 Å². The molecule has 21 heavy (non-hydrogen) atoms. The van der Waals surface area contributed by atoms with Gasteiger partial charge in [0.15, 0.2) is 0 Å². The number of rotatable bonds is 6. The Morgan fingerprint density at radius 3 is 2.86 bits per heavy atom. The monoisotopic (exact) mass is 308 g/mol. The van der Waals surface area contributed by atoms with Gasteiger partial charge >= 0.3 is 0 Å². The lowest BCUT2D eigenvalue weighted by atomic mass is 10.3. The van der Waals surface area contributed by atoms with Crippen LogP contribution in [0.5, 0.6) is 5.75 Å². The molecule has 4 nitrogen and oxygen atoms in total. The lowest BCUT2D eigenvalue weighted by molar-refractivity contribution is 0.0532. The van der Waals surface area contributed by atoms with Crippen LogP contribution in [0.15, 0.2) is 18.2 Å². The van der Waals surface area contributed by atoms with E-state index in [0.29, 0.717) is 18.6 Å². The second kappa shape index (κ2) is 6.67. The number of aromatic nitrogens is 2. The molecule has 0 aliphatic heterocycles. The first-order chi connectivity index (χ1) is 10.3. The van der Waals surface area contributed by atoms with Crippen molar-refractivity contribution in [2.24, 2.45) is 0 Å². The van der Waals surface area contributed by atoms with E-state index in [2.05, 4.69) is 9.55 Å². The highest BCUT2D eigenvalue weighted by atomic mass is 35.5. The Balaban J connectivity index is 1.77. The number of hydrogen-bond donors (Lipinski definition) is 0. The van der Waals surface area contributed by atoms with Gasteiger partial charge in [-0.05, 0) is 25.0 Å². The molecule has 1 aromatic carbocycles. The fraction of sp³-hybridized carbons (Fsp3) is 0.562. The van der Waals surface area contributed by atoms with Crippen molar-refractivity contribution < 1.29 is 9.47 Å². The van der Waals surface area contributed by atoms with Crippen molar-refractivity contribution in [2.45, 2.75) is 44.2 Å². The molecule has 0 spiro atoms. The van der Waals surface area contributed by atoms with E-state index in [1.54, 1.807) is 7.11 Å². The summed E-state index contributed by atoms with van der Waals surface area (Å²) in [5.41, 5.74) is 2.01. The molecule has 0 unspecified atom stereocenters. The van der Waals surface area contributed by atoms with Crippen molar-refractivity contribution >= 4 is 22.6 Å². The van der Waals surface area contributed by atoms with Crippen LogP contribution in [-0.2, 0) is 17.2 Å². The summed E-state index contributed by atoms with van der Waals surface area (Å²) in [6.07, 6.45) is 5.42. The van der Waals surface area contributed by atoms with Gasteiger partial charge in [0.25, 0.3) is 0 Å². The van der Waals surface area contributed by atoms with Crippen molar-refractivity contribution in [3.63, 3.8) is 0 Å². The van der Waals surface area contributed by atoms with E-state index in [-0.39, 0.29) is 0 Å². The lowest BCUT2D eigenvalue weighted by Crippen LogP contribution is -2.14. The fourth-order valence-electron chi connectivity index (χ4n) is 3.00. The van der Waals surface area contributed by atoms with Gasteiger partial charge in [-0.15, -0.1) is 11.6 Å². The van der Waals surface area contributed by atoms with Crippen LogP contribution in [0.3, 0.4) is 0 Å². The topological polar surface area (TPSA) is 36.3 Å². The van der Waals surface area contributed by atoms with E-state index < -0.39 is 0 Å². The van der Waals surface area contributed by atoms with Crippen molar-refractivity contribution in [3.8, 4) is 5.75 Å². The highest BCUT2D eigenvalue weighted by Crippen LogP contribution is 2.24. The zero-order valence-electron chi connectivity index (χ0n) is 12.3. The third kappa shape index (κ3) is 3.16. The maximum absolute atomic E-state index is 6.03. The van der Waals surface area contributed by atoms with E-state index in [1.807, 2.05) is 18.2 Å². The van der Waals surface area contributed by atoms with Crippen molar-refractivity contribution in [2.75, 3.05) is 13.7 Å². The molecule has 1 aliphatic rings. The Morgan fingerprint density at radius 1 is 1.33 bits per heavy atom. The number of alkyl halides is 1. The van der Waals surface area contributed by atoms with E-state index in [4.69, 9.17) is 21.1 Å². The number of imidazole rings is 1. The van der Waals surface area contributed by atoms with Crippen LogP contribution in [0.25, 0.3) is 11.0 Å². The molecule has 1 aromatic heterocycles. The van der Waals surface area contributed by atoms with Gasteiger partial charge < -0.3 is 14.0 Å². The minimum absolute atomic E-state index is 0.403. The highest BCUT2D eigenvalue weighted by Gasteiger charge is 2.16. The predicted octanol–water partition coefficient (Wildman–Crippen LogP) is 3.74. The van der Waals surface area contributed by atoms with Crippen LogP contribution in [0, 0.1) is 0 Å². The maximum atomic E-state index is 6.03. The Kier molecular flexibility index (Phi) is 4.66. The van der Waals surface area contributed by atoms with Crippen LogP contribution in [0.1, 0.15) is 31.5 Å². The number of hydrogen-bond acceptors (Lipinski definition) is 3. The van der Waals surface area contributed by atoms with Gasteiger partial charge in [-0.2, -0.15) is 0 Å². The standard InChI is InChI=1S/C16H21ClN2O2/c1-20-13-6-7-14-15(10-13)19(16(11-17)18-14)8-9-21-12-4-2-3-5-12/h6-7,10,12H,2-5,8-9,11H2,1H3. The lowest BCUT2D eigenvalue weighted by Gasteiger charge is -2.13. The van der Waals surface area contributed by atoms with E-state index >= 15 is 0 Å². The number of ether oxygens (including phenoxy) is 2. The molecular weight excluding hydrogens is 288 g/mol. The zero-order chi connectivity index (χ0) is 14.7. The molecule has 0 radical (unpaired) electrons. The zero-order valence-corrected chi connectivity index (χ0v) is 13.1. The summed E-state index contributed by atoms with van der Waals surface area (Å²) in [5.74, 6) is 2.12. The largest absolute Gasteiger partial charge is 0.497 e. The molecule has 0 saturated heterocycles. The van der Waals surface area contributed by atoms with Gasteiger partial charge in [-0.1, -0.05) is 12.8 Å². The Labute approximate surface area is 130 Å². The van der Waals surface area contributed by atoms with Crippen LogP contribution >= 0.6 is 11.6 Å². The van der Waals surface area contributed by atoms with Crippen LogP contribution in [0.4, 0.5) is 0 Å². The number of fused-ring (bicyclic) bond motifs is 1. The Morgan fingerprint density at radius 2 is 2.14 bits per heavy atom. The fourth-order valence-corrected chi connectivity index (χ4v) is 3.20. The molecule has 0 amide bonds. The molecule has 0 atom stereocenters. The molecule has 1 heterocycles. The van der Waals surface area contributed by atoms with Crippen molar-refractivity contribution in [1.82, 2.24) is 9.55 Å². The van der Waals surface area contributed by atoms with Crippen molar-refractivity contribution in [3.05, 3.63) is 24.0 Å². The number of nitrogens with zero attached hydrogens (tertiary/aromatic N) is 2. The second-order valence-corrected chi connectivity index (χ2v) is 5.71. The summed E-state index contributed by atoms with van der Waals surface area (Å²) in [6.45, 7) is 1.49. The Bertz CT molecular complexity index is 606. The summed E-state index contributed by atoms with van der Waals surface area (Å²) in [6, 6.07) is 5.90. The molecule has 0 bridgehead atoms. The minimum Gasteiger partial charge on any atom is -0.497 e. The number of benzene rings is 1. The normalized spacial score (nSPS) is 15.9. The third-order valence-electron chi connectivity index (χ3n) is 4.12. The van der Waals surface area contributed by atoms with Crippen LogP contribution in [-0.4, -0.2) is 29.4 Å². The molecular formula is C16H21ClN2O2. The second-order valence-electron chi connectivity index (χ2n) is 5.45. The molecule has 5 heteroatoms. The van der Waals surface area contributed by atoms with Gasteiger partial charge in [0.05, 0.1) is 36.7 Å². The maximum Gasteiger partial charge on any atom is 0.124 e. The number of halogens is 1. The van der Waals surface area contributed by atoms with Crippen LogP contribution < -0.4 is 4.74 Å². The minimum atomic E-state index is 0.403. The summed E-state index contributed by atoms with van der Waals surface area (Å²) in [4.78, 5) is 4.58. The molecule has 3 rings (SSSR count). The van der Waals surface area contributed by atoms with Gasteiger partial charge in [0.2, 0.25) is 0 Å². The third-order valence-corrected chi connectivity index (χ3v) is 4.36. The molecule has 1 aliphatic carbocycles. The van der Waals surface area contributed by atoms with E-state index in [9.17, 15) is 0 Å². The first kappa shape index (κ1) is 14.7. The summed E-state index contributed by atoms with van der Waals surface area (Å²) in [5, 5.41) is 0. The smallest absolute Gasteiger partial charge is 0.124 e. The first-order valence-electron chi connectivity index (χ1n) is 7.52. The predicted molar refractivity (Wildman–Crippen MR) is 84.1 cm³/mol. The van der Waals surface area contributed by atoms with E-state index in [0.717, 1.165) is 29.2 Å². The average Bonchev–Trinajstić information content (AvgIpc) is 3.14. The molecule has 114 valence electrons. The molecule has 1 fully saturated rings. The van der Waals surface area contributed by atoms with Crippen LogP contribution in [0.2, 0.25) is 0 Å².